The molecule has 144 valence electrons. The fourth-order valence-corrected chi connectivity index (χ4v) is 3.53. The summed E-state index contributed by atoms with van der Waals surface area (Å²) in [4.78, 5) is 25.8. The van der Waals surface area contributed by atoms with Crippen molar-refractivity contribution in [2.75, 3.05) is 13.1 Å². The van der Waals surface area contributed by atoms with Crippen LogP contribution >= 0.6 is 0 Å². The van der Waals surface area contributed by atoms with Crippen LogP contribution in [0.5, 0.6) is 0 Å². The smallest absolute Gasteiger partial charge is 0.320 e. The molecule has 26 heavy (non-hydrogen) atoms. The molecular weight excluding hydrogens is 328 g/mol. The summed E-state index contributed by atoms with van der Waals surface area (Å²) < 4.78 is 0. The summed E-state index contributed by atoms with van der Waals surface area (Å²) in [6.07, 6.45) is 3.23. The van der Waals surface area contributed by atoms with Crippen molar-refractivity contribution >= 4 is 11.9 Å². The summed E-state index contributed by atoms with van der Waals surface area (Å²) in [6, 6.07) is 7.99. The number of nitrogens with one attached hydrogen (secondary N) is 1. The molecule has 5 heteroatoms. The summed E-state index contributed by atoms with van der Waals surface area (Å²) >= 11 is 0. The van der Waals surface area contributed by atoms with Crippen LogP contribution in [0.15, 0.2) is 24.3 Å². The summed E-state index contributed by atoms with van der Waals surface area (Å²) in [6.45, 7) is 9.32. The van der Waals surface area contributed by atoms with Crippen LogP contribution < -0.4 is 5.32 Å². The van der Waals surface area contributed by atoms with Crippen LogP contribution in [0.25, 0.3) is 0 Å². The van der Waals surface area contributed by atoms with Crippen molar-refractivity contribution in [2.45, 2.75) is 70.9 Å². The number of rotatable bonds is 7. The summed E-state index contributed by atoms with van der Waals surface area (Å²) in [7, 11) is 0. The van der Waals surface area contributed by atoms with Crippen LogP contribution in [-0.4, -0.2) is 41.0 Å². The van der Waals surface area contributed by atoms with Gasteiger partial charge in [0.25, 0.3) is 0 Å². The van der Waals surface area contributed by atoms with Gasteiger partial charge in [-0.2, -0.15) is 0 Å². The van der Waals surface area contributed by atoms with Gasteiger partial charge in [-0.1, -0.05) is 58.4 Å². The molecular formula is C21H32N2O3. The molecule has 2 unspecified atom stereocenters. The summed E-state index contributed by atoms with van der Waals surface area (Å²) in [5, 5.41) is 12.1. The predicted molar refractivity (Wildman–Crippen MR) is 103 cm³/mol. The number of benzene rings is 1. The Kier molecular flexibility index (Phi) is 6.81. The van der Waals surface area contributed by atoms with Gasteiger partial charge in [-0.15, -0.1) is 0 Å². The molecule has 1 saturated heterocycles. The molecule has 0 radical (unpaired) electrons. The van der Waals surface area contributed by atoms with Gasteiger partial charge in [0.2, 0.25) is 5.91 Å². The lowest BCUT2D eigenvalue weighted by atomic mass is 9.86. The van der Waals surface area contributed by atoms with E-state index in [0.717, 1.165) is 31.4 Å². The van der Waals surface area contributed by atoms with E-state index in [9.17, 15) is 14.7 Å². The molecule has 1 aromatic carbocycles. The van der Waals surface area contributed by atoms with E-state index in [4.69, 9.17) is 0 Å². The Labute approximate surface area is 156 Å². The Morgan fingerprint density at radius 2 is 1.92 bits per heavy atom. The molecule has 1 aromatic rings. The number of nitrogens with zero attached hydrogens (tertiary/aromatic N) is 1. The number of carboxylic acid groups (broad SMARTS) is 1. The molecule has 2 atom stereocenters. The van der Waals surface area contributed by atoms with Crippen LogP contribution in [-0.2, 0) is 15.0 Å². The Morgan fingerprint density at radius 3 is 2.46 bits per heavy atom. The van der Waals surface area contributed by atoms with Gasteiger partial charge in [0.05, 0.1) is 12.6 Å². The third-order valence-electron chi connectivity index (χ3n) is 5.11. The van der Waals surface area contributed by atoms with Gasteiger partial charge in [-0.3, -0.25) is 14.9 Å². The van der Waals surface area contributed by atoms with Crippen LogP contribution in [0.3, 0.4) is 0 Å². The zero-order valence-electron chi connectivity index (χ0n) is 16.4. The van der Waals surface area contributed by atoms with Crippen molar-refractivity contribution in [3.8, 4) is 0 Å². The molecule has 1 heterocycles. The van der Waals surface area contributed by atoms with Gasteiger partial charge < -0.3 is 10.0 Å². The quantitative estimate of drug-likeness (QED) is 0.781. The van der Waals surface area contributed by atoms with Gasteiger partial charge in [-0.05, 0) is 35.8 Å². The standard InChI is InChI=1S/C21H32N2O3/c1-5-7-17(20(25)26)22-14-19(24)23-13-6-8-18(23)15-9-11-16(12-10-15)21(2,3)4/h9-12,17-18,22H,5-8,13-14H2,1-4H3,(H,25,26). The predicted octanol–water partition coefficient (Wildman–Crippen LogP) is 3.49. The molecule has 5 nitrogen and oxygen atoms in total. The third-order valence-corrected chi connectivity index (χ3v) is 5.11. The topological polar surface area (TPSA) is 69.6 Å². The third kappa shape index (κ3) is 5.07. The van der Waals surface area contributed by atoms with Gasteiger partial charge in [0.15, 0.2) is 0 Å². The van der Waals surface area contributed by atoms with Crippen LogP contribution in [0.4, 0.5) is 0 Å². The molecule has 0 spiro atoms. The molecule has 2 N–H and O–H groups in total. The maximum Gasteiger partial charge on any atom is 0.320 e. The van der Waals surface area contributed by atoms with Crippen molar-refractivity contribution in [2.24, 2.45) is 0 Å². The highest BCUT2D eigenvalue weighted by Crippen LogP contribution is 2.33. The van der Waals surface area contributed by atoms with E-state index in [1.165, 1.54) is 5.56 Å². The number of carboxylic acids is 1. The monoisotopic (exact) mass is 360 g/mol. The maximum atomic E-state index is 12.7. The van der Waals surface area contributed by atoms with E-state index in [0.29, 0.717) is 6.42 Å². The minimum atomic E-state index is -0.893. The highest BCUT2D eigenvalue weighted by atomic mass is 16.4. The Balaban J connectivity index is 2.02. The van der Waals surface area contributed by atoms with Gasteiger partial charge in [0, 0.05) is 6.54 Å². The first kappa shape index (κ1) is 20.4. The SMILES string of the molecule is CCCC(NCC(=O)N1CCCC1c1ccc(C(C)(C)C)cc1)C(=O)O. The van der Waals surface area contributed by atoms with Gasteiger partial charge in [0.1, 0.15) is 6.04 Å². The van der Waals surface area contributed by atoms with E-state index < -0.39 is 12.0 Å². The maximum absolute atomic E-state index is 12.7. The van der Waals surface area contributed by atoms with Crippen LogP contribution in [0.2, 0.25) is 0 Å². The zero-order valence-corrected chi connectivity index (χ0v) is 16.4. The lowest BCUT2D eigenvalue weighted by Crippen LogP contribution is -2.44. The van der Waals surface area contributed by atoms with Crippen molar-refractivity contribution in [3.05, 3.63) is 35.4 Å². The molecule has 0 saturated carbocycles. The Morgan fingerprint density at radius 1 is 1.27 bits per heavy atom. The number of carbonyl (C=O) groups is 2. The van der Waals surface area contributed by atoms with E-state index in [1.54, 1.807) is 0 Å². The molecule has 0 aromatic heterocycles. The highest BCUT2D eigenvalue weighted by Gasteiger charge is 2.30. The van der Waals surface area contributed by atoms with Crippen molar-refractivity contribution in [1.29, 1.82) is 0 Å². The van der Waals surface area contributed by atoms with Crippen molar-refractivity contribution in [1.82, 2.24) is 10.2 Å². The fourth-order valence-electron chi connectivity index (χ4n) is 3.53. The van der Waals surface area contributed by atoms with E-state index in [-0.39, 0.29) is 23.9 Å². The average molecular weight is 360 g/mol. The molecule has 1 aliphatic rings. The lowest BCUT2D eigenvalue weighted by Gasteiger charge is -2.27. The minimum absolute atomic E-state index is 0.0187. The molecule has 1 amide bonds. The highest BCUT2D eigenvalue weighted by molar-refractivity contribution is 5.80. The summed E-state index contributed by atoms with van der Waals surface area (Å²) in [5.41, 5.74) is 2.55. The molecule has 0 bridgehead atoms. The molecule has 1 fully saturated rings. The first-order valence-electron chi connectivity index (χ1n) is 9.60. The zero-order chi connectivity index (χ0) is 19.3. The lowest BCUT2D eigenvalue weighted by molar-refractivity contribution is -0.140. The van der Waals surface area contributed by atoms with Crippen LogP contribution in [0.1, 0.15) is 70.5 Å². The molecule has 1 aliphatic heterocycles. The number of hydrogen-bond acceptors (Lipinski definition) is 3. The second-order valence-electron chi connectivity index (χ2n) is 8.18. The largest absolute Gasteiger partial charge is 0.480 e. The van der Waals surface area contributed by atoms with E-state index >= 15 is 0 Å². The second kappa shape index (κ2) is 8.67. The van der Waals surface area contributed by atoms with Crippen molar-refractivity contribution in [3.63, 3.8) is 0 Å². The normalized spacial score (nSPS) is 18.8. The van der Waals surface area contributed by atoms with E-state index in [2.05, 4.69) is 50.4 Å². The Hall–Kier alpha value is -1.88. The molecule has 0 aliphatic carbocycles. The van der Waals surface area contributed by atoms with Gasteiger partial charge in [-0.25, -0.2) is 0 Å². The summed E-state index contributed by atoms with van der Waals surface area (Å²) in [5.74, 6) is -0.912. The van der Waals surface area contributed by atoms with Crippen LogP contribution in [0, 0.1) is 0 Å². The number of amides is 1. The van der Waals surface area contributed by atoms with Crippen molar-refractivity contribution < 1.29 is 14.7 Å². The number of hydrogen-bond donors (Lipinski definition) is 2. The average Bonchev–Trinajstić information content (AvgIpc) is 3.07. The number of likely N-dealkylation sites (tertiary alicyclic amines) is 1. The van der Waals surface area contributed by atoms with Gasteiger partial charge >= 0.3 is 5.97 Å². The second-order valence-corrected chi connectivity index (χ2v) is 8.18. The fraction of sp³-hybridized carbons (Fsp3) is 0.619. The number of aliphatic carboxylic acids is 1. The first-order valence-corrected chi connectivity index (χ1v) is 9.60. The number of carbonyl (C=O) groups excluding carboxylic acids is 1. The van der Waals surface area contributed by atoms with E-state index in [1.807, 2.05) is 11.8 Å². The minimum Gasteiger partial charge on any atom is -0.480 e. The Bertz CT molecular complexity index is 619. The molecule has 2 rings (SSSR count). The first-order chi connectivity index (χ1) is 12.2.